The van der Waals surface area contributed by atoms with E-state index in [0.717, 1.165) is 3.57 Å². The van der Waals surface area contributed by atoms with E-state index in [0.29, 0.717) is 18.5 Å². The molecule has 1 saturated heterocycles. The molecular formula is C13H16INO3S. The van der Waals surface area contributed by atoms with Crippen molar-refractivity contribution in [1.82, 2.24) is 4.90 Å². The van der Waals surface area contributed by atoms with Crippen molar-refractivity contribution >= 4 is 38.3 Å². The fourth-order valence-electron chi connectivity index (χ4n) is 2.38. The molecular weight excluding hydrogens is 377 g/mol. The fraction of sp³-hybridized carbons (Fsp3) is 0.462. The van der Waals surface area contributed by atoms with Crippen LogP contribution < -0.4 is 0 Å². The highest BCUT2D eigenvalue weighted by Crippen LogP contribution is 2.21. The van der Waals surface area contributed by atoms with E-state index < -0.39 is 9.84 Å². The quantitative estimate of drug-likeness (QED) is 0.738. The SMILES string of the molecule is CCN(C(=O)c1ccccc1I)[C@@H]1CCS(=O)(=O)C1. The molecule has 1 heterocycles. The van der Waals surface area contributed by atoms with Gasteiger partial charge in [-0.05, 0) is 48.1 Å². The summed E-state index contributed by atoms with van der Waals surface area (Å²) in [5.41, 5.74) is 0.647. The molecule has 1 atom stereocenters. The van der Waals surface area contributed by atoms with E-state index in [9.17, 15) is 13.2 Å². The molecule has 0 spiro atoms. The molecule has 0 bridgehead atoms. The van der Waals surface area contributed by atoms with Crippen LogP contribution in [0.1, 0.15) is 23.7 Å². The fourth-order valence-corrected chi connectivity index (χ4v) is 4.73. The molecule has 1 aliphatic rings. The van der Waals surface area contributed by atoms with Crippen LogP contribution >= 0.6 is 22.6 Å². The minimum absolute atomic E-state index is 0.0744. The van der Waals surface area contributed by atoms with E-state index >= 15 is 0 Å². The summed E-state index contributed by atoms with van der Waals surface area (Å²) in [7, 11) is -2.97. The van der Waals surface area contributed by atoms with Gasteiger partial charge in [0.25, 0.3) is 5.91 Å². The van der Waals surface area contributed by atoms with Crippen LogP contribution in [0.2, 0.25) is 0 Å². The maximum Gasteiger partial charge on any atom is 0.255 e. The lowest BCUT2D eigenvalue weighted by Gasteiger charge is -2.27. The average molecular weight is 393 g/mol. The molecule has 19 heavy (non-hydrogen) atoms. The summed E-state index contributed by atoms with van der Waals surface area (Å²) in [6.07, 6.45) is 0.547. The van der Waals surface area contributed by atoms with Gasteiger partial charge < -0.3 is 4.90 Å². The standard InChI is InChI=1S/C13H16INO3S/c1-2-15(10-7-8-19(17,18)9-10)13(16)11-5-3-4-6-12(11)14/h3-6,10H,2,7-9H2,1H3/t10-/m1/s1. The van der Waals surface area contributed by atoms with Gasteiger partial charge in [0.1, 0.15) is 0 Å². The number of sulfone groups is 1. The Morgan fingerprint density at radius 2 is 2.11 bits per heavy atom. The molecule has 0 unspecified atom stereocenters. The lowest BCUT2D eigenvalue weighted by Crippen LogP contribution is -2.41. The molecule has 1 aromatic carbocycles. The minimum Gasteiger partial charge on any atom is -0.335 e. The van der Waals surface area contributed by atoms with Crippen LogP contribution in [-0.2, 0) is 9.84 Å². The van der Waals surface area contributed by atoms with Crippen LogP contribution in [-0.4, -0.2) is 43.3 Å². The van der Waals surface area contributed by atoms with Crippen molar-refractivity contribution in [1.29, 1.82) is 0 Å². The highest BCUT2D eigenvalue weighted by atomic mass is 127. The third kappa shape index (κ3) is 3.28. The summed E-state index contributed by atoms with van der Waals surface area (Å²) in [4.78, 5) is 14.2. The van der Waals surface area contributed by atoms with Gasteiger partial charge in [0.05, 0.1) is 17.1 Å². The maximum atomic E-state index is 12.5. The summed E-state index contributed by atoms with van der Waals surface area (Å²) in [6.45, 7) is 2.42. The molecule has 0 aromatic heterocycles. The molecule has 0 N–H and O–H groups in total. The summed E-state index contributed by atoms with van der Waals surface area (Å²) in [5, 5.41) is 0. The highest BCUT2D eigenvalue weighted by Gasteiger charge is 2.34. The van der Waals surface area contributed by atoms with E-state index in [1.54, 1.807) is 11.0 Å². The zero-order chi connectivity index (χ0) is 14.0. The zero-order valence-electron chi connectivity index (χ0n) is 10.7. The highest BCUT2D eigenvalue weighted by molar-refractivity contribution is 14.1. The third-order valence-corrected chi connectivity index (χ3v) is 6.05. The van der Waals surface area contributed by atoms with E-state index in [-0.39, 0.29) is 23.5 Å². The van der Waals surface area contributed by atoms with Gasteiger partial charge in [-0.3, -0.25) is 4.79 Å². The van der Waals surface area contributed by atoms with Gasteiger partial charge in [0.2, 0.25) is 0 Å². The predicted octanol–water partition coefficient (Wildman–Crippen LogP) is 1.94. The lowest BCUT2D eigenvalue weighted by molar-refractivity contribution is 0.0707. The van der Waals surface area contributed by atoms with Crippen molar-refractivity contribution in [3.8, 4) is 0 Å². The topological polar surface area (TPSA) is 54.5 Å². The minimum atomic E-state index is -2.97. The Kier molecular flexibility index (Phi) is 4.50. The Bertz CT molecular complexity index is 585. The first-order valence-corrected chi connectivity index (χ1v) is 9.10. The number of carbonyl (C=O) groups excluding carboxylic acids is 1. The molecule has 1 aromatic rings. The monoisotopic (exact) mass is 393 g/mol. The first-order valence-electron chi connectivity index (χ1n) is 6.20. The van der Waals surface area contributed by atoms with Gasteiger partial charge in [-0.25, -0.2) is 8.42 Å². The molecule has 4 nitrogen and oxygen atoms in total. The second-order valence-electron chi connectivity index (χ2n) is 4.63. The summed E-state index contributed by atoms with van der Waals surface area (Å²) >= 11 is 2.13. The van der Waals surface area contributed by atoms with Gasteiger partial charge in [0, 0.05) is 16.2 Å². The van der Waals surface area contributed by atoms with Gasteiger partial charge in [-0.15, -0.1) is 0 Å². The second-order valence-corrected chi connectivity index (χ2v) is 8.02. The number of halogens is 1. The Labute approximate surface area is 127 Å². The molecule has 0 saturated carbocycles. The van der Waals surface area contributed by atoms with Crippen LogP contribution in [0.25, 0.3) is 0 Å². The van der Waals surface area contributed by atoms with Crippen LogP contribution in [0, 0.1) is 3.57 Å². The van der Waals surface area contributed by atoms with E-state index in [1.807, 2.05) is 25.1 Å². The number of benzene rings is 1. The first-order chi connectivity index (χ1) is 8.94. The van der Waals surface area contributed by atoms with Crippen molar-refractivity contribution in [3.05, 3.63) is 33.4 Å². The molecule has 6 heteroatoms. The average Bonchev–Trinajstić information content (AvgIpc) is 2.71. The normalized spacial score (nSPS) is 21.3. The van der Waals surface area contributed by atoms with Crippen LogP contribution in [0.3, 0.4) is 0 Å². The molecule has 0 aliphatic carbocycles. The molecule has 1 aliphatic heterocycles. The molecule has 2 rings (SSSR count). The second kappa shape index (κ2) is 5.78. The van der Waals surface area contributed by atoms with E-state index in [4.69, 9.17) is 0 Å². The van der Waals surface area contributed by atoms with Gasteiger partial charge >= 0.3 is 0 Å². The number of nitrogens with zero attached hydrogens (tertiary/aromatic N) is 1. The van der Waals surface area contributed by atoms with Gasteiger partial charge in [0.15, 0.2) is 9.84 Å². The third-order valence-electron chi connectivity index (χ3n) is 3.35. The van der Waals surface area contributed by atoms with Gasteiger partial charge in [-0.1, -0.05) is 12.1 Å². The van der Waals surface area contributed by atoms with Crippen molar-refractivity contribution < 1.29 is 13.2 Å². The first kappa shape index (κ1) is 14.8. The number of hydrogen-bond donors (Lipinski definition) is 0. The van der Waals surface area contributed by atoms with Gasteiger partial charge in [-0.2, -0.15) is 0 Å². The largest absolute Gasteiger partial charge is 0.335 e. The number of hydrogen-bond acceptors (Lipinski definition) is 3. The summed E-state index contributed by atoms with van der Waals surface area (Å²) in [5.74, 6) is 0.207. The smallest absolute Gasteiger partial charge is 0.255 e. The Balaban J connectivity index is 2.24. The summed E-state index contributed by atoms with van der Waals surface area (Å²) in [6, 6.07) is 7.20. The Morgan fingerprint density at radius 1 is 1.42 bits per heavy atom. The lowest BCUT2D eigenvalue weighted by atomic mass is 10.1. The Morgan fingerprint density at radius 3 is 2.63 bits per heavy atom. The predicted molar refractivity (Wildman–Crippen MR) is 82.9 cm³/mol. The number of carbonyl (C=O) groups is 1. The number of rotatable bonds is 3. The molecule has 104 valence electrons. The van der Waals surface area contributed by atoms with Crippen molar-refractivity contribution in [2.24, 2.45) is 0 Å². The van der Waals surface area contributed by atoms with E-state index in [1.165, 1.54) is 0 Å². The molecule has 1 amide bonds. The van der Waals surface area contributed by atoms with E-state index in [2.05, 4.69) is 22.6 Å². The van der Waals surface area contributed by atoms with Crippen LogP contribution in [0.5, 0.6) is 0 Å². The molecule has 1 fully saturated rings. The number of amides is 1. The molecule has 0 radical (unpaired) electrons. The van der Waals surface area contributed by atoms with Crippen molar-refractivity contribution in [3.63, 3.8) is 0 Å². The Hall–Kier alpha value is -0.630. The summed E-state index contributed by atoms with van der Waals surface area (Å²) < 4.78 is 24.0. The van der Waals surface area contributed by atoms with Crippen LogP contribution in [0.4, 0.5) is 0 Å². The zero-order valence-corrected chi connectivity index (χ0v) is 13.6. The van der Waals surface area contributed by atoms with Crippen molar-refractivity contribution in [2.75, 3.05) is 18.1 Å². The maximum absolute atomic E-state index is 12.5. The van der Waals surface area contributed by atoms with Crippen LogP contribution in [0.15, 0.2) is 24.3 Å². The van der Waals surface area contributed by atoms with Crippen molar-refractivity contribution in [2.45, 2.75) is 19.4 Å².